The Labute approximate surface area is 89.1 Å². The average Bonchev–Trinajstić information content (AvgIpc) is 2.58. The van der Waals surface area contributed by atoms with Crippen molar-refractivity contribution in [2.75, 3.05) is 0 Å². The predicted molar refractivity (Wildman–Crippen MR) is 61.4 cm³/mol. The average molecular weight is 208 g/mol. The van der Waals surface area contributed by atoms with E-state index in [2.05, 4.69) is 30.7 Å². The maximum atomic E-state index is 4.54. The molecule has 3 heteroatoms. The fourth-order valence-corrected chi connectivity index (χ4v) is 2.66. The second-order valence-electron chi connectivity index (χ2n) is 4.06. The zero-order chi connectivity index (χ0) is 10.1. The molecule has 0 bridgehead atoms. The van der Waals surface area contributed by atoms with Gasteiger partial charge in [0.2, 0.25) is 0 Å². The highest BCUT2D eigenvalue weighted by atomic mass is 32.1. The van der Waals surface area contributed by atoms with Crippen LogP contribution in [0.25, 0.3) is 0 Å². The number of fused-ring (bicyclic) bond motifs is 1. The van der Waals surface area contributed by atoms with Gasteiger partial charge < -0.3 is 0 Å². The van der Waals surface area contributed by atoms with Crippen molar-refractivity contribution in [2.45, 2.75) is 39.7 Å². The van der Waals surface area contributed by atoms with Crippen molar-refractivity contribution in [1.29, 1.82) is 0 Å². The number of aliphatic imine (C=N–C) groups is 1. The highest BCUT2D eigenvalue weighted by molar-refractivity contribution is 7.11. The Morgan fingerprint density at radius 3 is 3.00 bits per heavy atom. The molecule has 14 heavy (non-hydrogen) atoms. The molecule has 2 rings (SSSR count). The molecule has 0 aliphatic carbocycles. The van der Waals surface area contributed by atoms with E-state index in [1.165, 1.54) is 9.88 Å². The number of aromatic nitrogens is 1. The van der Waals surface area contributed by atoms with Gasteiger partial charge in [-0.2, -0.15) is 0 Å². The SMILES string of the molecule is CCc1nc2c(s1)CC(C(C)C)N=C2. The Kier molecular flexibility index (Phi) is 2.68. The monoisotopic (exact) mass is 208 g/mol. The maximum Gasteiger partial charge on any atom is 0.0953 e. The van der Waals surface area contributed by atoms with E-state index < -0.39 is 0 Å². The Morgan fingerprint density at radius 1 is 1.57 bits per heavy atom. The number of hydrogen-bond donors (Lipinski definition) is 0. The van der Waals surface area contributed by atoms with Crippen molar-refractivity contribution in [3.63, 3.8) is 0 Å². The number of thiazole rings is 1. The minimum atomic E-state index is 0.465. The molecule has 1 unspecified atom stereocenters. The van der Waals surface area contributed by atoms with Crippen LogP contribution in [0.15, 0.2) is 4.99 Å². The van der Waals surface area contributed by atoms with Gasteiger partial charge in [0.05, 0.1) is 16.7 Å². The molecule has 0 spiro atoms. The van der Waals surface area contributed by atoms with Gasteiger partial charge in [0.1, 0.15) is 0 Å². The summed E-state index contributed by atoms with van der Waals surface area (Å²) in [6.45, 7) is 6.62. The summed E-state index contributed by atoms with van der Waals surface area (Å²) >= 11 is 1.85. The highest BCUT2D eigenvalue weighted by Crippen LogP contribution is 2.26. The van der Waals surface area contributed by atoms with Crippen LogP contribution in [0.4, 0.5) is 0 Å². The van der Waals surface area contributed by atoms with E-state index in [4.69, 9.17) is 0 Å². The van der Waals surface area contributed by atoms with Gasteiger partial charge in [-0.05, 0) is 12.3 Å². The van der Waals surface area contributed by atoms with Crippen LogP contribution in [-0.4, -0.2) is 17.2 Å². The topological polar surface area (TPSA) is 25.2 Å². The van der Waals surface area contributed by atoms with Crippen molar-refractivity contribution in [1.82, 2.24) is 4.98 Å². The van der Waals surface area contributed by atoms with Crippen molar-refractivity contribution in [3.8, 4) is 0 Å². The summed E-state index contributed by atoms with van der Waals surface area (Å²) in [5.41, 5.74) is 1.11. The number of aryl methyl sites for hydroxylation is 1. The lowest BCUT2D eigenvalue weighted by molar-refractivity contribution is 0.493. The number of rotatable bonds is 2. The summed E-state index contributed by atoms with van der Waals surface area (Å²) in [5, 5.41) is 1.24. The van der Waals surface area contributed by atoms with Crippen molar-refractivity contribution >= 4 is 17.6 Å². The molecule has 0 radical (unpaired) electrons. The van der Waals surface area contributed by atoms with Crippen molar-refractivity contribution in [3.05, 3.63) is 15.6 Å². The van der Waals surface area contributed by atoms with Crippen molar-refractivity contribution < 1.29 is 0 Å². The molecule has 2 nitrogen and oxygen atoms in total. The third-order valence-electron chi connectivity index (χ3n) is 2.63. The fraction of sp³-hybridized carbons (Fsp3) is 0.636. The smallest absolute Gasteiger partial charge is 0.0953 e. The molecule has 0 saturated heterocycles. The van der Waals surface area contributed by atoms with Gasteiger partial charge in [-0.25, -0.2) is 4.98 Å². The zero-order valence-corrected chi connectivity index (χ0v) is 9.77. The maximum absolute atomic E-state index is 4.54. The quantitative estimate of drug-likeness (QED) is 0.733. The van der Waals surface area contributed by atoms with E-state index in [0.29, 0.717) is 12.0 Å². The second-order valence-corrected chi connectivity index (χ2v) is 5.23. The summed E-state index contributed by atoms with van der Waals surface area (Å²) in [5.74, 6) is 0.631. The summed E-state index contributed by atoms with van der Waals surface area (Å²) in [4.78, 5) is 10.5. The van der Waals surface area contributed by atoms with Gasteiger partial charge in [0, 0.05) is 17.5 Å². The normalized spacial score (nSPS) is 20.1. The van der Waals surface area contributed by atoms with Crippen molar-refractivity contribution in [2.24, 2.45) is 10.9 Å². The second kappa shape index (κ2) is 3.81. The van der Waals surface area contributed by atoms with Gasteiger partial charge in [-0.15, -0.1) is 11.3 Å². The van der Waals surface area contributed by atoms with Crippen LogP contribution in [0.5, 0.6) is 0 Å². The lowest BCUT2D eigenvalue weighted by Gasteiger charge is -2.18. The van der Waals surface area contributed by atoms with E-state index >= 15 is 0 Å². The molecule has 0 N–H and O–H groups in total. The highest BCUT2D eigenvalue weighted by Gasteiger charge is 2.20. The molecule has 1 aromatic heterocycles. The first-order chi connectivity index (χ1) is 6.70. The zero-order valence-electron chi connectivity index (χ0n) is 8.95. The molecule has 0 fully saturated rings. The van der Waals surface area contributed by atoms with Gasteiger partial charge in [-0.3, -0.25) is 4.99 Å². The minimum Gasteiger partial charge on any atom is -0.287 e. The van der Waals surface area contributed by atoms with E-state index in [9.17, 15) is 0 Å². The number of nitrogens with zero attached hydrogens (tertiary/aromatic N) is 2. The lowest BCUT2D eigenvalue weighted by atomic mass is 9.98. The first kappa shape index (κ1) is 9.84. The Balaban J connectivity index is 2.24. The molecule has 0 amide bonds. The molecule has 0 saturated carbocycles. The summed E-state index contributed by atoms with van der Waals surface area (Å²) < 4.78 is 0. The first-order valence-electron chi connectivity index (χ1n) is 5.22. The van der Waals surface area contributed by atoms with E-state index in [1.54, 1.807) is 0 Å². The van der Waals surface area contributed by atoms with E-state index in [-0.39, 0.29) is 0 Å². The minimum absolute atomic E-state index is 0.465. The summed E-state index contributed by atoms with van der Waals surface area (Å²) in [6, 6.07) is 0.465. The van der Waals surface area contributed by atoms with Crippen LogP contribution in [0.1, 0.15) is 36.3 Å². The third-order valence-corrected chi connectivity index (χ3v) is 3.86. The van der Waals surface area contributed by atoms with Crippen LogP contribution in [0, 0.1) is 5.92 Å². The molecule has 1 aliphatic rings. The molecule has 1 atom stereocenters. The first-order valence-corrected chi connectivity index (χ1v) is 6.04. The fourth-order valence-electron chi connectivity index (χ4n) is 1.63. The van der Waals surface area contributed by atoms with Gasteiger partial charge in [0.15, 0.2) is 0 Å². The molecule has 0 aromatic carbocycles. The molecule has 1 aliphatic heterocycles. The van der Waals surface area contributed by atoms with Crippen LogP contribution < -0.4 is 0 Å². The van der Waals surface area contributed by atoms with E-state index in [0.717, 1.165) is 18.5 Å². The lowest BCUT2D eigenvalue weighted by Crippen LogP contribution is -2.19. The molecule has 1 aromatic rings. The predicted octanol–water partition coefficient (Wildman–Crippen LogP) is 2.71. The van der Waals surface area contributed by atoms with E-state index in [1.807, 2.05) is 17.6 Å². The number of hydrogen-bond acceptors (Lipinski definition) is 3. The van der Waals surface area contributed by atoms with Crippen LogP contribution in [-0.2, 0) is 12.8 Å². The summed E-state index contributed by atoms with van der Waals surface area (Å²) in [6.07, 6.45) is 4.08. The van der Waals surface area contributed by atoms with Crippen LogP contribution in [0.3, 0.4) is 0 Å². The standard InChI is InChI=1S/C11H16N2S/c1-4-11-13-9-6-12-8(7(2)3)5-10(9)14-11/h6-8H,4-5H2,1-3H3. The largest absolute Gasteiger partial charge is 0.287 e. The summed E-state index contributed by atoms with van der Waals surface area (Å²) in [7, 11) is 0. The van der Waals surface area contributed by atoms with Gasteiger partial charge in [0.25, 0.3) is 0 Å². The van der Waals surface area contributed by atoms with Gasteiger partial charge in [-0.1, -0.05) is 20.8 Å². The molecule has 76 valence electrons. The third kappa shape index (κ3) is 1.73. The Hall–Kier alpha value is -0.700. The van der Waals surface area contributed by atoms with Gasteiger partial charge >= 0.3 is 0 Å². The van der Waals surface area contributed by atoms with Crippen LogP contribution >= 0.6 is 11.3 Å². The molecular weight excluding hydrogens is 192 g/mol. The van der Waals surface area contributed by atoms with Crippen LogP contribution in [0.2, 0.25) is 0 Å². The Bertz CT molecular complexity index is 352. The Morgan fingerprint density at radius 2 is 2.36 bits per heavy atom. The molecular formula is C11H16N2S. The molecule has 2 heterocycles.